The van der Waals surface area contributed by atoms with E-state index in [2.05, 4.69) is 20.6 Å². The van der Waals surface area contributed by atoms with Crippen LogP contribution in [0, 0.1) is 12.8 Å². The second-order valence-corrected chi connectivity index (χ2v) is 7.33. The van der Waals surface area contributed by atoms with Crippen molar-refractivity contribution in [2.45, 2.75) is 38.8 Å². The van der Waals surface area contributed by atoms with Crippen molar-refractivity contribution in [2.75, 3.05) is 11.9 Å². The van der Waals surface area contributed by atoms with E-state index in [4.69, 9.17) is 11.6 Å². The lowest BCUT2D eigenvalue weighted by Gasteiger charge is -2.15. The van der Waals surface area contributed by atoms with Gasteiger partial charge in [-0.25, -0.2) is 9.97 Å². The Morgan fingerprint density at radius 3 is 2.68 bits per heavy atom. The third-order valence-electron chi connectivity index (χ3n) is 4.77. The Morgan fingerprint density at radius 2 is 2.00 bits per heavy atom. The third kappa shape index (κ3) is 4.92. The van der Waals surface area contributed by atoms with Crippen LogP contribution in [0.3, 0.4) is 0 Å². The zero-order valence-electron chi connectivity index (χ0n) is 15.2. The number of rotatable bonds is 5. The lowest BCUT2D eigenvalue weighted by molar-refractivity contribution is -0.141. The molecule has 0 spiro atoms. The molecule has 0 aliphatic heterocycles. The van der Waals surface area contributed by atoms with Gasteiger partial charge in [0.2, 0.25) is 5.95 Å². The summed E-state index contributed by atoms with van der Waals surface area (Å²) in [6.07, 6.45) is 0.238. The quantitative estimate of drug-likeness (QED) is 0.715. The molecule has 5 nitrogen and oxygen atoms in total. The Labute approximate surface area is 165 Å². The molecule has 3 rings (SSSR count). The zero-order valence-corrected chi connectivity index (χ0v) is 16.0. The number of halogens is 4. The van der Waals surface area contributed by atoms with Crippen LogP contribution >= 0.6 is 11.6 Å². The lowest BCUT2D eigenvalue weighted by atomic mass is 10.1. The first kappa shape index (κ1) is 20.4. The Hall–Kier alpha value is -2.35. The fourth-order valence-electron chi connectivity index (χ4n) is 3.22. The molecule has 9 heteroatoms. The highest BCUT2D eigenvalue weighted by molar-refractivity contribution is 6.30. The molecule has 1 fully saturated rings. The standard InChI is InChI=1S/C19H20ClF3N4O/c1-11-6-7-13(20)8-15(11)26-18-25-10-14(16(27-18)19(21,22)23)17(28)24-9-12-4-2-3-5-12/h6-8,10,12H,2-5,9H2,1H3,(H,24,28)(H,25,26,27). The summed E-state index contributed by atoms with van der Waals surface area (Å²) in [5.74, 6) is -0.763. The second kappa shape index (κ2) is 8.34. The van der Waals surface area contributed by atoms with Crippen molar-refractivity contribution in [2.24, 2.45) is 5.92 Å². The summed E-state index contributed by atoms with van der Waals surface area (Å²) < 4.78 is 40.5. The van der Waals surface area contributed by atoms with Crippen molar-refractivity contribution in [3.05, 3.63) is 46.2 Å². The van der Waals surface area contributed by atoms with Crippen molar-refractivity contribution >= 4 is 29.1 Å². The number of aryl methyl sites for hydroxylation is 1. The van der Waals surface area contributed by atoms with Crippen LogP contribution in [0.15, 0.2) is 24.4 Å². The maximum Gasteiger partial charge on any atom is 0.434 e. The normalized spacial score (nSPS) is 14.9. The van der Waals surface area contributed by atoms with Gasteiger partial charge < -0.3 is 10.6 Å². The number of aromatic nitrogens is 2. The number of alkyl halides is 3. The minimum Gasteiger partial charge on any atom is -0.352 e. The van der Waals surface area contributed by atoms with Gasteiger partial charge in [0.05, 0.1) is 5.56 Å². The van der Waals surface area contributed by atoms with E-state index in [9.17, 15) is 18.0 Å². The minimum atomic E-state index is -4.79. The predicted molar refractivity (Wildman–Crippen MR) is 101 cm³/mol. The number of hydrogen-bond acceptors (Lipinski definition) is 4. The van der Waals surface area contributed by atoms with E-state index < -0.39 is 23.3 Å². The maximum atomic E-state index is 13.5. The van der Waals surface area contributed by atoms with Crippen LogP contribution in [0.25, 0.3) is 0 Å². The van der Waals surface area contributed by atoms with Crippen LogP contribution in [-0.4, -0.2) is 22.4 Å². The topological polar surface area (TPSA) is 66.9 Å². The van der Waals surface area contributed by atoms with Gasteiger partial charge in [-0.2, -0.15) is 13.2 Å². The molecule has 150 valence electrons. The van der Waals surface area contributed by atoms with Gasteiger partial charge in [0.15, 0.2) is 5.69 Å². The summed E-state index contributed by atoms with van der Waals surface area (Å²) in [4.78, 5) is 19.8. The summed E-state index contributed by atoms with van der Waals surface area (Å²) in [5, 5.41) is 5.74. The zero-order chi connectivity index (χ0) is 20.3. The van der Waals surface area contributed by atoms with Gasteiger partial charge >= 0.3 is 6.18 Å². The monoisotopic (exact) mass is 412 g/mol. The number of carbonyl (C=O) groups excluding carboxylic acids is 1. The van der Waals surface area contributed by atoms with Gasteiger partial charge in [-0.1, -0.05) is 30.5 Å². The molecule has 0 atom stereocenters. The Kier molecular flexibility index (Phi) is 6.07. The second-order valence-electron chi connectivity index (χ2n) is 6.90. The minimum absolute atomic E-state index is 0.259. The molecule has 0 saturated heterocycles. The maximum absolute atomic E-state index is 13.5. The largest absolute Gasteiger partial charge is 0.434 e. The lowest BCUT2D eigenvalue weighted by Crippen LogP contribution is -2.31. The van der Waals surface area contributed by atoms with Crippen LogP contribution in [-0.2, 0) is 6.18 Å². The van der Waals surface area contributed by atoms with Gasteiger partial charge in [0.25, 0.3) is 5.91 Å². The molecule has 1 saturated carbocycles. The number of amides is 1. The molecule has 1 aliphatic carbocycles. The predicted octanol–water partition coefficient (Wildman–Crippen LogP) is 5.12. The first-order valence-corrected chi connectivity index (χ1v) is 9.37. The van der Waals surface area contributed by atoms with Crippen LogP contribution in [0.2, 0.25) is 5.02 Å². The molecule has 1 amide bonds. The van der Waals surface area contributed by atoms with Crippen molar-refractivity contribution < 1.29 is 18.0 Å². The highest BCUT2D eigenvalue weighted by Crippen LogP contribution is 2.32. The molecular weight excluding hydrogens is 393 g/mol. The molecule has 2 N–H and O–H groups in total. The average molecular weight is 413 g/mol. The van der Waals surface area contributed by atoms with Crippen LogP contribution in [0.4, 0.5) is 24.8 Å². The summed E-state index contributed by atoms with van der Waals surface area (Å²) in [6, 6.07) is 4.96. The van der Waals surface area contributed by atoms with Gasteiger partial charge in [0, 0.05) is 23.5 Å². The molecule has 2 aromatic rings. The van der Waals surface area contributed by atoms with Crippen LogP contribution < -0.4 is 10.6 Å². The number of anilines is 2. The smallest absolute Gasteiger partial charge is 0.352 e. The molecule has 1 aliphatic rings. The van der Waals surface area contributed by atoms with Crippen molar-refractivity contribution in [1.82, 2.24) is 15.3 Å². The molecular formula is C19H20ClF3N4O. The molecule has 1 aromatic heterocycles. The molecule has 1 heterocycles. The number of hydrogen-bond donors (Lipinski definition) is 2. The summed E-state index contributed by atoms with van der Waals surface area (Å²) >= 11 is 5.93. The number of nitrogens with one attached hydrogen (secondary N) is 2. The van der Waals surface area contributed by atoms with Crippen molar-refractivity contribution in [1.29, 1.82) is 0 Å². The third-order valence-corrected chi connectivity index (χ3v) is 5.01. The van der Waals surface area contributed by atoms with Gasteiger partial charge in [-0.05, 0) is 43.4 Å². The summed E-state index contributed by atoms with van der Waals surface area (Å²) in [6.45, 7) is 2.13. The average Bonchev–Trinajstić information content (AvgIpc) is 3.15. The highest BCUT2D eigenvalue weighted by Gasteiger charge is 2.38. The fraction of sp³-hybridized carbons (Fsp3) is 0.421. The van der Waals surface area contributed by atoms with E-state index in [1.807, 2.05) is 0 Å². The van der Waals surface area contributed by atoms with E-state index in [-0.39, 0.29) is 5.95 Å². The first-order chi connectivity index (χ1) is 13.2. The van der Waals surface area contributed by atoms with Gasteiger partial charge in [-0.15, -0.1) is 0 Å². The number of nitrogens with zero attached hydrogens (tertiary/aromatic N) is 2. The molecule has 1 aromatic carbocycles. The van der Waals surface area contributed by atoms with Crippen LogP contribution in [0.1, 0.15) is 47.3 Å². The van der Waals surface area contributed by atoms with Crippen molar-refractivity contribution in [3.63, 3.8) is 0 Å². The molecule has 28 heavy (non-hydrogen) atoms. The SMILES string of the molecule is Cc1ccc(Cl)cc1Nc1ncc(C(=O)NCC2CCCC2)c(C(F)(F)F)n1. The first-order valence-electron chi connectivity index (χ1n) is 8.99. The Balaban J connectivity index is 1.83. The fourth-order valence-corrected chi connectivity index (χ4v) is 3.39. The molecule has 0 bridgehead atoms. The Bertz CT molecular complexity index is 867. The van der Waals surface area contributed by atoms with Gasteiger partial charge in [-0.3, -0.25) is 4.79 Å². The van der Waals surface area contributed by atoms with E-state index in [0.717, 1.165) is 37.4 Å². The van der Waals surface area contributed by atoms with E-state index in [1.165, 1.54) is 0 Å². The summed E-state index contributed by atoms with van der Waals surface area (Å²) in [7, 11) is 0. The van der Waals surface area contributed by atoms with Crippen LogP contribution in [0.5, 0.6) is 0 Å². The van der Waals surface area contributed by atoms with Crippen molar-refractivity contribution in [3.8, 4) is 0 Å². The number of carbonyl (C=O) groups is 1. The summed E-state index contributed by atoms with van der Waals surface area (Å²) in [5.41, 5.74) is -0.605. The number of benzene rings is 1. The van der Waals surface area contributed by atoms with E-state index in [1.54, 1.807) is 25.1 Å². The van der Waals surface area contributed by atoms with Gasteiger partial charge in [0.1, 0.15) is 0 Å². The molecule has 0 radical (unpaired) electrons. The Morgan fingerprint density at radius 1 is 1.29 bits per heavy atom. The van der Waals surface area contributed by atoms with E-state index in [0.29, 0.717) is 23.2 Å². The highest BCUT2D eigenvalue weighted by atomic mass is 35.5. The van der Waals surface area contributed by atoms with E-state index >= 15 is 0 Å². The molecule has 0 unspecified atom stereocenters.